The molecule has 2 aromatic rings. The number of hydrogen-bond acceptors (Lipinski definition) is 7. The van der Waals surface area contributed by atoms with Gasteiger partial charge >= 0.3 is 5.69 Å². The van der Waals surface area contributed by atoms with Gasteiger partial charge in [-0.25, -0.2) is 18.4 Å². The predicted octanol–water partition coefficient (Wildman–Crippen LogP) is 2.13. The maximum Gasteiger partial charge on any atom is 0.305 e. The van der Waals surface area contributed by atoms with Gasteiger partial charge in [0.1, 0.15) is 12.4 Å². The molecule has 28 heavy (non-hydrogen) atoms. The molecule has 1 aliphatic heterocycles. The molecule has 0 atom stereocenters. The van der Waals surface area contributed by atoms with Crippen LogP contribution in [0.15, 0.2) is 23.4 Å². The molecule has 10 heteroatoms. The van der Waals surface area contributed by atoms with Crippen LogP contribution in [0.2, 0.25) is 0 Å². The molecule has 3 rings (SSSR count). The number of nitrogens with zero attached hydrogens (tertiary/aromatic N) is 5. The highest BCUT2D eigenvalue weighted by molar-refractivity contribution is 7.89. The lowest BCUT2D eigenvalue weighted by molar-refractivity contribution is -0.385. The first-order valence-corrected chi connectivity index (χ1v) is 10.4. The lowest BCUT2D eigenvalue weighted by Crippen LogP contribution is -2.49. The molecule has 1 aromatic carbocycles. The van der Waals surface area contributed by atoms with E-state index >= 15 is 0 Å². The number of hydrogen-bond donors (Lipinski definition) is 0. The fourth-order valence-corrected chi connectivity index (χ4v) is 5.40. The van der Waals surface area contributed by atoms with Crippen LogP contribution in [-0.4, -0.2) is 53.8 Å². The van der Waals surface area contributed by atoms with Crippen molar-refractivity contribution >= 4 is 21.7 Å². The zero-order chi connectivity index (χ0) is 20.6. The Morgan fingerprint density at radius 2 is 1.46 bits per heavy atom. The summed E-state index contributed by atoms with van der Waals surface area (Å²) in [5.74, 6) is 0.362. The highest BCUT2D eigenvalue weighted by atomic mass is 32.2. The molecule has 0 N–H and O–H groups in total. The molecule has 0 spiro atoms. The average molecular weight is 405 g/mol. The molecule has 150 valence electrons. The first-order valence-electron chi connectivity index (χ1n) is 8.92. The molecule has 0 radical (unpaired) electrons. The van der Waals surface area contributed by atoms with Gasteiger partial charge in [0.05, 0.1) is 9.82 Å². The van der Waals surface area contributed by atoms with Crippen molar-refractivity contribution in [2.75, 3.05) is 31.1 Å². The van der Waals surface area contributed by atoms with Crippen molar-refractivity contribution in [1.82, 2.24) is 14.3 Å². The Hall–Kier alpha value is -2.59. The number of nitro groups is 1. The lowest BCUT2D eigenvalue weighted by Gasteiger charge is -2.34. The second kappa shape index (κ2) is 7.44. The summed E-state index contributed by atoms with van der Waals surface area (Å²) in [5.41, 5.74) is 3.30. The summed E-state index contributed by atoms with van der Waals surface area (Å²) < 4.78 is 28.1. The fraction of sp³-hybridized carbons (Fsp3) is 0.444. The molecule has 0 aliphatic carbocycles. The van der Waals surface area contributed by atoms with Gasteiger partial charge in [-0.1, -0.05) is 6.07 Å². The van der Waals surface area contributed by atoms with Crippen molar-refractivity contribution < 1.29 is 13.3 Å². The third-order valence-corrected chi connectivity index (χ3v) is 7.43. The van der Waals surface area contributed by atoms with E-state index in [0.29, 0.717) is 37.0 Å². The summed E-state index contributed by atoms with van der Waals surface area (Å²) >= 11 is 0. The minimum Gasteiger partial charge on any atom is -0.338 e. The molecule has 0 saturated carbocycles. The summed E-state index contributed by atoms with van der Waals surface area (Å²) in [6.45, 7) is 8.96. The van der Waals surface area contributed by atoms with E-state index in [9.17, 15) is 18.5 Å². The minimum atomic E-state index is -3.62. The van der Waals surface area contributed by atoms with Crippen LogP contribution in [-0.2, 0) is 10.0 Å². The van der Waals surface area contributed by atoms with Crippen LogP contribution in [0.4, 0.5) is 11.6 Å². The Labute approximate surface area is 164 Å². The fourth-order valence-electron chi connectivity index (χ4n) is 3.40. The zero-order valence-corrected chi connectivity index (χ0v) is 17.2. The summed E-state index contributed by atoms with van der Waals surface area (Å²) in [7, 11) is -3.62. The summed E-state index contributed by atoms with van der Waals surface area (Å²) in [6.07, 6.45) is 2.32. The van der Waals surface area contributed by atoms with E-state index in [4.69, 9.17) is 0 Å². The Morgan fingerprint density at radius 1 is 0.964 bits per heavy atom. The molecular weight excluding hydrogens is 382 g/mol. The maximum atomic E-state index is 13.3. The summed E-state index contributed by atoms with van der Waals surface area (Å²) in [6, 6.07) is 2.01. The Bertz CT molecular complexity index is 987. The van der Waals surface area contributed by atoms with Crippen LogP contribution in [0, 0.1) is 37.8 Å². The quantitative estimate of drug-likeness (QED) is 0.566. The van der Waals surface area contributed by atoms with Crippen LogP contribution in [0.25, 0.3) is 0 Å². The zero-order valence-electron chi connectivity index (χ0n) is 16.3. The second-order valence-corrected chi connectivity index (χ2v) is 8.85. The third-order valence-electron chi connectivity index (χ3n) is 5.25. The van der Waals surface area contributed by atoms with E-state index in [0.717, 1.165) is 34.6 Å². The van der Waals surface area contributed by atoms with Gasteiger partial charge < -0.3 is 4.90 Å². The molecule has 0 amide bonds. The Morgan fingerprint density at radius 3 is 1.93 bits per heavy atom. The van der Waals surface area contributed by atoms with Gasteiger partial charge in [0, 0.05) is 26.2 Å². The molecule has 1 saturated heterocycles. The van der Waals surface area contributed by atoms with Gasteiger partial charge in [-0.05, 0) is 49.9 Å². The van der Waals surface area contributed by atoms with Crippen molar-refractivity contribution in [2.45, 2.75) is 32.6 Å². The Kier molecular flexibility index (Phi) is 5.35. The monoisotopic (exact) mass is 405 g/mol. The normalized spacial score (nSPS) is 15.6. The van der Waals surface area contributed by atoms with Gasteiger partial charge in [0.2, 0.25) is 16.0 Å². The second-order valence-electron chi connectivity index (χ2n) is 6.98. The van der Waals surface area contributed by atoms with Crippen LogP contribution in [0.5, 0.6) is 0 Å². The highest BCUT2D eigenvalue weighted by Crippen LogP contribution is 2.29. The number of aryl methyl sites for hydroxylation is 2. The molecule has 0 unspecified atom stereocenters. The van der Waals surface area contributed by atoms with Crippen molar-refractivity contribution in [3.8, 4) is 0 Å². The van der Waals surface area contributed by atoms with Crippen molar-refractivity contribution in [1.29, 1.82) is 0 Å². The first kappa shape index (κ1) is 20.2. The largest absolute Gasteiger partial charge is 0.338 e. The standard InChI is InChI=1S/C18H23N5O4S/c1-12-9-13(2)15(4)17(14(12)3)28(26,27)22-7-5-21(6-8-22)18-19-10-16(11-20-18)23(24)25/h9-11H,5-8H2,1-4H3. The number of anilines is 1. The number of aromatic nitrogens is 2. The highest BCUT2D eigenvalue weighted by Gasteiger charge is 2.32. The molecule has 1 fully saturated rings. The summed E-state index contributed by atoms with van der Waals surface area (Å²) in [4.78, 5) is 20.4. The molecule has 2 heterocycles. The number of rotatable bonds is 4. The van der Waals surface area contributed by atoms with Gasteiger partial charge in [-0.2, -0.15) is 4.31 Å². The van der Waals surface area contributed by atoms with Crippen LogP contribution in [0.1, 0.15) is 22.3 Å². The SMILES string of the molecule is Cc1cc(C)c(C)c(S(=O)(=O)N2CCN(c3ncc([N+](=O)[O-])cn3)CC2)c1C. The van der Waals surface area contributed by atoms with Gasteiger partial charge in [0.25, 0.3) is 0 Å². The molecule has 1 aromatic heterocycles. The van der Waals surface area contributed by atoms with E-state index in [2.05, 4.69) is 9.97 Å². The molecule has 0 bridgehead atoms. The predicted molar refractivity (Wildman–Crippen MR) is 105 cm³/mol. The van der Waals surface area contributed by atoms with E-state index < -0.39 is 14.9 Å². The van der Waals surface area contributed by atoms with Crippen molar-refractivity contribution in [3.63, 3.8) is 0 Å². The topological polar surface area (TPSA) is 110 Å². The van der Waals surface area contributed by atoms with Gasteiger partial charge in [0.15, 0.2) is 0 Å². The maximum absolute atomic E-state index is 13.3. The van der Waals surface area contributed by atoms with Crippen LogP contribution < -0.4 is 4.90 Å². The smallest absolute Gasteiger partial charge is 0.305 e. The number of piperazine rings is 1. The molecule has 1 aliphatic rings. The lowest BCUT2D eigenvalue weighted by atomic mass is 10.0. The van der Waals surface area contributed by atoms with E-state index in [-0.39, 0.29) is 5.69 Å². The van der Waals surface area contributed by atoms with E-state index in [1.807, 2.05) is 38.7 Å². The first-order chi connectivity index (χ1) is 13.1. The number of sulfonamides is 1. The third kappa shape index (κ3) is 3.57. The van der Waals surface area contributed by atoms with Crippen LogP contribution in [0.3, 0.4) is 0 Å². The van der Waals surface area contributed by atoms with Gasteiger partial charge in [-0.3, -0.25) is 10.1 Å². The van der Waals surface area contributed by atoms with E-state index in [1.165, 1.54) is 4.31 Å². The number of benzene rings is 1. The average Bonchev–Trinajstić information content (AvgIpc) is 2.66. The molecule has 9 nitrogen and oxygen atoms in total. The van der Waals surface area contributed by atoms with Crippen molar-refractivity contribution in [2.24, 2.45) is 0 Å². The van der Waals surface area contributed by atoms with Crippen molar-refractivity contribution in [3.05, 3.63) is 50.8 Å². The van der Waals surface area contributed by atoms with E-state index in [1.54, 1.807) is 0 Å². The summed E-state index contributed by atoms with van der Waals surface area (Å²) in [5, 5.41) is 10.7. The Balaban J connectivity index is 1.80. The van der Waals surface area contributed by atoms with Crippen LogP contribution >= 0.6 is 0 Å². The molecular formula is C18H23N5O4S. The van der Waals surface area contributed by atoms with Gasteiger partial charge in [-0.15, -0.1) is 0 Å². The minimum absolute atomic E-state index is 0.175.